The lowest BCUT2D eigenvalue weighted by Gasteiger charge is -2.24. The maximum Gasteiger partial charge on any atom is 0.250 e. The van der Waals surface area contributed by atoms with Crippen molar-refractivity contribution < 1.29 is 9.18 Å². The van der Waals surface area contributed by atoms with E-state index in [0.29, 0.717) is 11.0 Å². The van der Waals surface area contributed by atoms with Crippen LogP contribution in [0.5, 0.6) is 0 Å². The van der Waals surface area contributed by atoms with Gasteiger partial charge in [-0.15, -0.1) is 5.10 Å². The molecule has 3 aromatic carbocycles. The predicted molar refractivity (Wildman–Crippen MR) is 132 cm³/mol. The quantitative estimate of drug-likeness (QED) is 0.362. The summed E-state index contributed by atoms with van der Waals surface area (Å²) in [6.45, 7) is 0. The molecule has 0 fully saturated rings. The van der Waals surface area contributed by atoms with Crippen LogP contribution in [-0.4, -0.2) is 20.7 Å². The third kappa shape index (κ3) is 4.60. The van der Waals surface area contributed by atoms with Crippen LogP contribution in [0.3, 0.4) is 0 Å². The molecule has 34 heavy (non-hydrogen) atoms. The van der Waals surface area contributed by atoms with Crippen LogP contribution in [0.1, 0.15) is 22.7 Å². The van der Waals surface area contributed by atoms with Crippen LogP contribution in [0.2, 0.25) is 5.02 Å². The zero-order chi connectivity index (χ0) is 23.5. The second-order valence-electron chi connectivity index (χ2n) is 7.62. The number of carbonyl (C=O) groups excluding carboxylic acids is 1. The Morgan fingerprint density at radius 1 is 1.03 bits per heavy atom. The second-order valence-corrected chi connectivity index (χ2v) is 8.02. The van der Waals surface area contributed by atoms with E-state index in [-0.39, 0.29) is 17.8 Å². The number of carbonyl (C=O) groups is 1. The van der Waals surface area contributed by atoms with Crippen molar-refractivity contribution in [3.05, 3.63) is 119 Å². The van der Waals surface area contributed by atoms with E-state index in [4.69, 9.17) is 11.6 Å². The lowest BCUT2D eigenvalue weighted by atomic mass is 10.0. The SMILES string of the molecule is O=C(/C=C/c1ccccc1Cl)Nc1nc2n(n1)C(c1ccc(F)cc1)C=C(c1ccccc1)N2. The number of nitrogens with one attached hydrogen (secondary N) is 2. The molecule has 0 saturated heterocycles. The largest absolute Gasteiger partial charge is 0.324 e. The van der Waals surface area contributed by atoms with Gasteiger partial charge in [-0.2, -0.15) is 4.98 Å². The molecule has 0 saturated carbocycles. The van der Waals surface area contributed by atoms with Gasteiger partial charge in [0, 0.05) is 16.8 Å². The van der Waals surface area contributed by atoms with Crippen molar-refractivity contribution in [3.63, 3.8) is 0 Å². The number of amides is 1. The standard InChI is InChI=1S/C26H19ClFN5O/c27-21-9-5-4-6-17(21)12-15-24(34)30-25-31-26-29-22(18-7-2-1-3-8-18)16-23(33(26)32-25)19-10-13-20(28)14-11-19/h1-16,23H,(H2,29,30,31,32,34)/b15-12+. The monoisotopic (exact) mass is 471 g/mol. The maximum absolute atomic E-state index is 13.5. The number of nitrogens with zero attached hydrogens (tertiary/aromatic N) is 3. The first-order valence-electron chi connectivity index (χ1n) is 10.6. The van der Waals surface area contributed by atoms with E-state index in [0.717, 1.165) is 22.4 Å². The Hall–Kier alpha value is -4.23. The highest BCUT2D eigenvalue weighted by Gasteiger charge is 2.25. The number of rotatable bonds is 5. The fraction of sp³-hybridized carbons (Fsp3) is 0.0385. The molecule has 2 N–H and O–H groups in total. The third-order valence-electron chi connectivity index (χ3n) is 5.32. The second kappa shape index (κ2) is 9.33. The lowest BCUT2D eigenvalue weighted by molar-refractivity contribution is -0.111. The van der Waals surface area contributed by atoms with Crippen molar-refractivity contribution in [2.24, 2.45) is 0 Å². The Labute approximate surface area is 200 Å². The fourth-order valence-electron chi connectivity index (χ4n) is 3.66. The average Bonchev–Trinajstić information content (AvgIpc) is 3.26. The third-order valence-corrected chi connectivity index (χ3v) is 5.66. The minimum atomic E-state index is -0.391. The van der Waals surface area contributed by atoms with Crippen LogP contribution in [0.15, 0.2) is 91.0 Å². The van der Waals surface area contributed by atoms with Gasteiger partial charge in [0.25, 0.3) is 11.9 Å². The van der Waals surface area contributed by atoms with E-state index < -0.39 is 5.91 Å². The summed E-state index contributed by atoms with van der Waals surface area (Å²) in [5.41, 5.74) is 3.37. The summed E-state index contributed by atoms with van der Waals surface area (Å²) < 4.78 is 15.2. The molecule has 1 atom stereocenters. The number of aromatic nitrogens is 3. The van der Waals surface area contributed by atoms with E-state index in [1.807, 2.05) is 54.6 Å². The van der Waals surface area contributed by atoms with Crippen molar-refractivity contribution in [1.29, 1.82) is 0 Å². The molecular formula is C26H19ClFN5O. The van der Waals surface area contributed by atoms with Crippen LogP contribution in [0.25, 0.3) is 11.8 Å². The van der Waals surface area contributed by atoms with Gasteiger partial charge in [-0.25, -0.2) is 9.07 Å². The molecule has 1 amide bonds. The number of allylic oxidation sites excluding steroid dienone is 1. The number of hydrogen-bond acceptors (Lipinski definition) is 4. The van der Waals surface area contributed by atoms with Crippen LogP contribution in [0, 0.1) is 5.82 Å². The normalized spacial score (nSPS) is 14.9. The van der Waals surface area contributed by atoms with Gasteiger partial charge in [-0.1, -0.05) is 72.3 Å². The first kappa shape index (κ1) is 21.6. The van der Waals surface area contributed by atoms with Gasteiger partial charge in [-0.3, -0.25) is 10.1 Å². The molecule has 168 valence electrons. The highest BCUT2D eigenvalue weighted by atomic mass is 35.5. The van der Waals surface area contributed by atoms with Gasteiger partial charge in [0.2, 0.25) is 5.95 Å². The number of halogens is 2. The number of anilines is 2. The molecule has 1 aliphatic rings. The maximum atomic E-state index is 13.5. The van der Waals surface area contributed by atoms with E-state index >= 15 is 0 Å². The molecule has 0 aliphatic carbocycles. The molecule has 6 nitrogen and oxygen atoms in total. The highest BCUT2D eigenvalue weighted by molar-refractivity contribution is 6.32. The molecule has 1 unspecified atom stereocenters. The highest BCUT2D eigenvalue weighted by Crippen LogP contribution is 2.33. The van der Waals surface area contributed by atoms with E-state index in [1.54, 1.807) is 29.0 Å². The first-order valence-corrected chi connectivity index (χ1v) is 10.9. The number of benzene rings is 3. The molecule has 2 heterocycles. The van der Waals surface area contributed by atoms with Gasteiger partial charge >= 0.3 is 0 Å². The van der Waals surface area contributed by atoms with E-state index in [9.17, 15) is 9.18 Å². The zero-order valence-electron chi connectivity index (χ0n) is 17.8. The van der Waals surface area contributed by atoms with Gasteiger partial charge in [0.15, 0.2) is 0 Å². The summed E-state index contributed by atoms with van der Waals surface area (Å²) in [5.74, 6) is -0.105. The summed E-state index contributed by atoms with van der Waals surface area (Å²) in [7, 11) is 0. The minimum absolute atomic E-state index is 0.145. The average molecular weight is 472 g/mol. The Balaban J connectivity index is 1.43. The van der Waals surface area contributed by atoms with Crippen LogP contribution in [0.4, 0.5) is 16.3 Å². The molecule has 0 radical (unpaired) electrons. The predicted octanol–water partition coefficient (Wildman–Crippen LogP) is 5.78. The van der Waals surface area contributed by atoms with Gasteiger partial charge < -0.3 is 5.32 Å². The molecule has 4 aromatic rings. The van der Waals surface area contributed by atoms with Crippen molar-refractivity contribution in [2.45, 2.75) is 6.04 Å². The molecule has 5 rings (SSSR count). The molecule has 0 spiro atoms. The van der Waals surface area contributed by atoms with Gasteiger partial charge in [0.1, 0.15) is 11.9 Å². The van der Waals surface area contributed by atoms with Crippen molar-refractivity contribution in [1.82, 2.24) is 14.8 Å². The smallest absolute Gasteiger partial charge is 0.250 e. The van der Waals surface area contributed by atoms with E-state index in [2.05, 4.69) is 20.7 Å². The van der Waals surface area contributed by atoms with Crippen LogP contribution >= 0.6 is 11.6 Å². The van der Waals surface area contributed by atoms with Gasteiger partial charge in [-0.05, 0) is 47.0 Å². The van der Waals surface area contributed by atoms with Crippen molar-refractivity contribution >= 4 is 41.2 Å². The summed E-state index contributed by atoms with van der Waals surface area (Å²) in [4.78, 5) is 16.9. The van der Waals surface area contributed by atoms with E-state index in [1.165, 1.54) is 18.2 Å². The molecule has 0 bridgehead atoms. The summed E-state index contributed by atoms with van der Waals surface area (Å²) in [6.07, 6.45) is 5.00. The minimum Gasteiger partial charge on any atom is -0.324 e. The molecular weight excluding hydrogens is 453 g/mol. The fourth-order valence-corrected chi connectivity index (χ4v) is 3.86. The number of fused-ring (bicyclic) bond motifs is 1. The lowest BCUT2D eigenvalue weighted by Crippen LogP contribution is -2.20. The van der Waals surface area contributed by atoms with Crippen molar-refractivity contribution in [2.75, 3.05) is 10.6 Å². The number of hydrogen-bond donors (Lipinski definition) is 2. The van der Waals surface area contributed by atoms with Gasteiger partial charge in [0.05, 0.1) is 0 Å². The summed E-state index contributed by atoms with van der Waals surface area (Å²) in [5, 5.41) is 11.0. The summed E-state index contributed by atoms with van der Waals surface area (Å²) in [6, 6.07) is 22.9. The molecule has 1 aromatic heterocycles. The Bertz CT molecular complexity index is 1400. The Morgan fingerprint density at radius 2 is 1.76 bits per heavy atom. The molecule has 1 aliphatic heterocycles. The topological polar surface area (TPSA) is 71.8 Å². The zero-order valence-corrected chi connectivity index (χ0v) is 18.6. The van der Waals surface area contributed by atoms with Crippen LogP contribution < -0.4 is 10.6 Å². The summed E-state index contributed by atoms with van der Waals surface area (Å²) >= 11 is 6.14. The molecule has 8 heteroatoms. The Kier molecular flexibility index (Phi) is 5.93. The van der Waals surface area contributed by atoms with Crippen LogP contribution in [-0.2, 0) is 4.79 Å². The Morgan fingerprint density at radius 3 is 2.53 bits per heavy atom. The first-order chi connectivity index (χ1) is 16.6. The van der Waals surface area contributed by atoms with Crippen molar-refractivity contribution in [3.8, 4) is 0 Å².